The van der Waals surface area contributed by atoms with E-state index in [0.29, 0.717) is 17.5 Å². The largest absolute Gasteiger partial charge is 0.264 e. The minimum atomic E-state index is -0.453. The topological polar surface area (TPSA) is 64.5 Å². The summed E-state index contributed by atoms with van der Waals surface area (Å²) in [4.78, 5) is 24.8. The Morgan fingerprint density at radius 3 is 1.98 bits per heavy atom. The number of benzene rings is 6. The van der Waals surface area contributed by atoms with Crippen LogP contribution in [-0.2, 0) is 5.41 Å². The molecule has 9 aromatic rings. The Morgan fingerprint density at radius 1 is 0.377 bits per heavy atom. The number of hydrogen-bond acceptors (Lipinski definition) is 5. The predicted octanol–water partition coefficient (Wildman–Crippen LogP) is 10.8. The molecule has 0 amide bonds. The lowest BCUT2D eigenvalue weighted by molar-refractivity contribution is 0.790. The molecule has 0 N–H and O–H groups in total. The Morgan fingerprint density at radius 2 is 1.04 bits per heavy atom. The Labute approximate surface area is 306 Å². The van der Waals surface area contributed by atoms with Crippen molar-refractivity contribution >= 4 is 10.8 Å². The summed E-state index contributed by atoms with van der Waals surface area (Å²) < 4.78 is 0. The summed E-state index contributed by atoms with van der Waals surface area (Å²) in [6.45, 7) is 0. The van der Waals surface area contributed by atoms with Crippen molar-refractivity contribution in [1.29, 1.82) is 0 Å². The van der Waals surface area contributed by atoms with Crippen molar-refractivity contribution in [3.63, 3.8) is 0 Å². The van der Waals surface area contributed by atoms with E-state index in [1.165, 1.54) is 33.4 Å². The van der Waals surface area contributed by atoms with Crippen molar-refractivity contribution in [2.24, 2.45) is 0 Å². The first-order valence-electron chi connectivity index (χ1n) is 17.8. The van der Waals surface area contributed by atoms with Crippen LogP contribution >= 0.6 is 0 Å². The summed E-state index contributed by atoms with van der Waals surface area (Å²) in [5.74, 6) is 1.92. The second-order valence-corrected chi connectivity index (χ2v) is 13.7. The molecule has 1 spiro atoms. The molecule has 246 valence electrons. The zero-order chi connectivity index (χ0) is 34.9. The van der Waals surface area contributed by atoms with Crippen LogP contribution in [0.1, 0.15) is 22.3 Å². The van der Waals surface area contributed by atoms with Gasteiger partial charge in [-0.15, -0.1) is 0 Å². The highest BCUT2D eigenvalue weighted by molar-refractivity contribution is 5.96. The molecule has 1 atom stereocenters. The van der Waals surface area contributed by atoms with Gasteiger partial charge in [-0.3, -0.25) is 9.97 Å². The normalized spacial score (nSPS) is 14.9. The third-order valence-corrected chi connectivity index (χ3v) is 10.9. The molecule has 5 nitrogen and oxygen atoms in total. The van der Waals surface area contributed by atoms with Crippen LogP contribution in [0.15, 0.2) is 176 Å². The lowest BCUT2D eigenvalue weighted by Crippen LogP contribution is -2.25. The van der Waals surface area contributed by atoms with Gasteiger partial charge in [0.2, 0.25) is 0 Å². The fourth-order valence-corrected chi connectivity index (χ4v) is 8.62. The van der Waals surface area contributed by atoms with E-state index in [1.54, 1.807) is 0 Å². The molecule has 0 saturated carbocycles. The average Bonchev–Trinajstić information content (AvgIpc) is 3.71. The highest BCUT2D eigenvalue weighted by atomic mass is 15.0. The molecule has 0 bridgehead atoms. The van der Waals surface area contributed by atoms with Gasteiger partial charge in [-0.25, -0.2) is 15.0 Å². The Kier molecular flexibility index (Phi) is 6.40. The molecule has 0 saturated heterocycles. The Bertz CT molecular complexity index is 2860. The fraction of sp³-hybridized carbons (Fsp3) is 0.0208. The van der Waals surface area contributed by atoms with Gasteiger partial charge in [0.1, 0.15) is 0 Å². The summed E-state index contributed by atoms with van der Waals surface area (Å²) in [6.07, 6.45) is 5.82. The van der Waals surface area contributed by atoms with Gasteiger partial charge in [0, 0.05) is 46.4 Å². The van der Waals surface area contributed by atoms with Crippen LogP contribution in [0.3, 0.4) is 0 Å². The molecule has 5 heteroatoms. The summed E-state index contributed by atoms with van der Waals surface area (Å²) in [5, 5.41) is 2.25. The molecule has 1 unspecified atom stereocenters. The van der Waals surface area contributed by atoms with Gasteiger partial charge in [0.15, 0.2) is 17.5 Å². The number of hydrogen-bond donors (Lipinski definition) is 0. The quantitative estimate of drug-likeness (QED) is 0.186. The van der Waals surface area contributed by atoms with Crippen molar-refractivity contribution in [2.75, 3.05) is 0 Å². The lowest BCUT2D eigenvalue weighted by Gasteiger charge is -2.30. The molecular formula is C48H29N5. The second kappa shape index (κ2) is 11.5. The fourth-order valence-electron chi connectivity index (χ4n) is 8.62. The van der Waals surface area contributed by atoms with Crippen LogP contribution in [0.4, 0.5) is 0 Å². The van der Waals surface area contributed by atoms with Crippen molar-refractivity contribution in [3.8, 4) is 67.7 Å². The van der Waals surface area contributed by atoms with Crippen LogP contribution in [0.2, 0.25) is 0 Å². The first-order valence-corrected chi connectivity index (χ1v) is 17.8. The van der Waals surface area contributed by atoms with E-state index in [0.717, 1.165) is 49.8 Å². The SMILES string of the molecule is c1ccc(-c2nc(-c3cccc(-c4ccc5c(c4)-c4ncccc4C54c5ccccc5-c5cnccc54)c3)nc(-c3cccc4ccccc34)n2)cc1. The number of pyridine rings is 2. The van der Waals surface area contributed by atoms with Gasteiger partial charge in [-0.05, 0) is 74.0 Å². The molecule has 2 aliphatic rings. The monoisotopic (exact) mass is 675 g/mol. The maximum atomic E-state index is 5.13. The van der Waals surface area contributed by atoms with Crippen molar-refractivity contribution in [1.82, 2.24) is 24.9 Å². The second-order valence-electron chi connectivity index (χ2n) is 13.7. The molecule has 2 aliphatic carbocycles. The van der Waals surface area contributed by atoms with Crippen molar-refractivity contribution in [3.05, 3.63) is 199 Å². The number of nitrogens with zero attached hydrogens (tertiary/aromatic N) is 5. The standard InChI is InChI=1S/C48H29N5/c1-2-12-31(13-3-1)45-51-46(53-47(52-45)37-19-9-14-30-11-4-5-17-35(30)37)34-16-8-15-32(27-34)33-22-23-41-38(28-33)44-43(21-10-25-50-44)48(41)40-20-7-6-18-36(40)39-29-49-26-24-42(39)48/h1-29H. The van der Waals surface area contributed by atoms with Gasteiger partial charge in [0.05, 0.1) is 11.1 Å². The maximum absolute atomic E-state index is 5.13. The van der Waals surface area contributed by atoms with E-state index >= 15 is 0 Å². The van der Waals surface area contributed by atoms with Gasteiger partial charge >= 0.3 is 0 Å². The van der Waals surface area contributed by atoms with Gasteiger partial charge < -0.3 is 0 Å². The van der Waals surface area contributed by atoms with E-state index in [4.69, 9.17) is 19.9 Å². The van der Waals surface area contributed by atoms with Gasteiger partial charge in [0.25, 0.3) is 0 Å². The molecule has 0 radical (unpaired) electrons. The van der Waals surface area contributed by atoms with E-state index in [2.05, 4.69) is 132 Å². The predicted molar refractivity (Wildman–Crippen MR) is 211 cm³/mol. The minimum absolute atomic E-state index is 0.453. The third-order valence-electron chi connectivity index (χ3n) is 10.9. The van der Waals surface area contributed by atoms with E-state index in [9.17, 15) is 0 Å². The number of rotatable bonds is 4. The summed E-state index contributed by atoms with van der Waals surface area (Å²) in [6, 6.07) is 55.4. The van der Waals surface area contributed by atoms with E-state index in [1.807, 2.05) is 48.9 Å². The van der Waals surface area contributed by atoms with E-state index < -0.39 is 5.41 Å². The molecule has 3 aromatic heterocycles. The molecular weight excluding hydrogens is 647 g/mol. The molecule has 53 heavy (non-hydrogen) atoms. The zero-order valence-electron chi connectivity index (χ0n) is 28.5. The highest BCUT2D eigenvalue weighted by Crippen LogP contribution is 2.62. The molecule has 0 aliphatic heterocycles. The molecule has 3 heterocycles. The number of fused-ring (bicyclic) bond motifs is 11. The number of aromatic nitrogens is 5. The Balaban J connectivity index is 1.07. The molecule has 11 rings (SSSR count). The maximum Gasteiger partial charge on any atom is 0.164 e. The third kappa shape index (κ3) is 4.34. The lowest BCUT2D eigenvalue weighted by atomic mass is 9.71. The van der Waals surface area contributed by atoms with Gasteiger partial charge in [-0.2, -0.15) is 0 Å². The van der Waals surface area contributed by atoms with E-state index in [-0.39, 0.29) is 0 Å². The smallest absolute Gasteiger partial charge is 0.164 e. The molecule has 6 aromatic carbocycles. The first kappa shape index (κ1) is 29.6. The molecule has 0 fully saturated rings. The Hall–Kier alpha value is -7.11. The van der Waals surface area contributed by atoms with Crippen LogP contribution in [0.25, 0.3) is 78.4 Å². The summed E-state index contributed by atoms with van der Waals surface area (Å²) in [5.41, 5.74) is 14.1. The van der Waals surface area contributed by atoms with Crippen LogP contribution in [0, 0.1) is 0 Å². The minimum Gasteiger partial charge on any atom is -0.264 e. The first-order chi connectivity index (χ1) is 26.3. The van der Waals surface area contributed by atoms with Crippen LogP contribution in [0.5, 0.6) is 0 Å². The zero-order valence-corrected chi connectivity index (χ0v) is 28.5. The van der Waals surface area contributed by atoms with Crippen LogP contribution < -0.4 is 0 Å². The summed E-state index contributed by atoms with van der Waals surface area (Å²) >= 11 is 0. The average molecular weight is 676 g/mol. The van der Waals surface area contributed by atoms with Gasteiger partial charge in [-0.1, -0.05) is 133 Å². The van der Waals surface area contributed by atoms with Crippen molar-refractivity contribution in [2.45, 2.75) is 5.41 Å². The van der Waals surface area contributed by atoms with Crippen LogP contribution in [-0.4, -0.2) is 24.9 Å². The van der Waals surface area contributed by atoms with Crippen molar-refractivity contribution < 1.29 is 0 Å². The highest BCUT2D eigenvalue weighted by Gasteiger charge is 2.52. The summed E-state index contributed by atoms with van der Waals surface area (Å²) in [7, 11) is 0.